The molecule has 2 nitrogen and oxygen atoms in total. The summed E-state index contributed by atoms with van der Waals surface area (Å²) in [6.07, 6.45) is 0. The van der Waals surface area contributed by atoms with Crippen LogP contribution in [0.2, 0.25) is 0 Å². The summed E-state index contributed by atoms with van der Waals surface area (Å²) < 4.78 is 19.1. The number of nitrogens with two attached hydrogens (primary N) is 1. The first-order chi connectivity index (χ1) is 8.63. The molecule has 2 aromatic rings. The third-order valence-corrected chi connectivity index (χ3v) is 3.13. The molecule has 0 fully saturated rings. The second kappa shape index (κ2) is 6.55. The van der Waals surface area contributed by atoms with Crippen molar-refractivity contribution in [1.29, 1.82) is 0 Å². The Morgan fingerprint density at radius 2 is 1.68 bits per heavy atom. The average Bonchev–Trinajstić information content (AvgIpc) is 2.38. The van der Waals surface area contributed by atoms with E-state index in [1.165, 1.54) is 6.07 Å². The molecule has 0 atom stereocenters. The Balaban J connectivity index is 0.00000180. The molecule has 2 rings (SSSR count). The second-order valence-electron chi connectivity index (χ2n) is 4.21. The smallest absolute Gasteiger partial charge is 0.165 e. The minimum absolute atomic E-state index is 0. The van der Waals surface area contributed by atoms with Crippen LogP contribution >= 0.6 is 12.4 Å². The maximum atomic E-state index is 13.5. The van der Waals surface area contributed by atoms with Crippen molar-refractivity contribution in [3.05, 3.63) is 58.9 Å². The molecule has 0 aliphatic rings. The lowest BCUT2D eigenvalue weighted by molar-refractivity contribution is 0.439. The van der Waals surface area contributed by atoms with Crippen molar-refractivity contribution in [2.24, 2.45) is 5.73 Å². The van der Waals surface area contributed by atoms with E-state index in [0.29, 0.717) is 12.3 Å². The molecule has 0 spiro atoms. The molecular weight excluding hydrogens is 265 g/mol. The van der Waals surface area contributed by atoms with Gasteiger partial charge in [0.05, 0.1) is 0 Å². The summed E-state index contributed by atoms with van der Waals surface area (Å²) in [5.74, 6) is 0.535. The first-order valence-electron chi connectivity index (χ1n) is 5.85. The molecule has 2 aromatic carbocycles. The monoisotopic (exact) mass is 281 g/mol. The van der Waals surface area contributed by atoms with Crippen LogP contribution in [0.5, 0.6) is 11.5 Å². The van der Waals surface area contributed by atoms with Crippen molar-refractivity contribution >= 4 is 12.4 Å². The van der Waals surface area contributed by atoms with Crippen molar-refractivity contribution in [2.45, 2.75) is 20.4 Å². The molecule has 0 heterocycles. The number of ether oxygens (including phenoxy) is 1. The van der Waals surface area contributed by atoms with Gasteiger partial charge in [0.1, 0.15) is 5.75 Å². The Labute approximate surface area is 118 Å². The lowest BCUT2D eigenvalue weighted by atomic mass is 10.0. The molecule has 0 aliphatic carbocycles. The summed E-state index contributed by atoms with van der Waals surface area (Å²) in [5.41, 5.74) is 8.80. The van der Waals surface area contributed by atoms with Crippen molar-refractivity contribution in [1.82, 2.24) is 0 Å². The average molecular weight is 282 g/mol. The molecule has 0 aliphatic heterocycles. The largest absolute Gasteiger partial charge is 0.454 e. The summed E-state index contributed by atoms with van der Waals surface area (Å²) in [5, 5.41) is 0. The third-order valence-electron chi connectivity index (χ3n) is 3.13. The quantitative estimate of drug-likeness (QED) is 0.919. The summed E-state index contributed by atoms with van der Waals surface area (Å²) in [4.78, 5) is 0. The van der Waals surface area contributed by atoms with Gasteiger partial charge in [0.15, 0.2) is 11.6 Å². The molecule has 0 bridgehead atoms. The van der Waals surface area contributed by atoms with E-state index in [1.807, 2.05) is 26.0 Å². The summed E-state index contributed by atoms with van der Waals surface area (Å²) >= 11 is 0. The van der Waals surface area contributed by atoms with Crippen molar-refractivity contribution in [3.8, 4) is 11.5 Å². The van der Waals surface area contributed by atoms with Gasteiger partial charge >= 0.3 is 0 Å². The zero-order valence-electron chi connectivity index (χ0n) is 10.9. The molecule has 2 N–H and O–H groups in total. The maximum absolute atomic E-state index is 13.5. The van der Waals surface area contributed by atoms with Crippen molar-refractivity contribution in [3.63, 3.8) is 0 Å². The maximum Gasteiger partial charge on any atom is 0.165 e. The van der Waals surface area contributed by atoms with Crippen LogP contribution in [-0.4, -0.2) is 0 Å². The number of benzene rings is 2. The minimum Gasteiger partial charge on any atom is -0.454 e. The molecule has 4 heteroatoms. The first kappa shape index (κ1) is 15.5. The van der Waals surface area contributed by atoms with Crippen molar-refractivity contribution < 1.29 is 9.13 Å². The van der Waals surface area contributed by atoms with Gasteiger partial charge in [0.2, 0.25) is 0 Å². The van der Waals surface area contributed by atoms with Crippen LogP contribution in [0.15, 0.2) is 36.4 Å². The topological polar surface area (TPSA) is 35.2 Å². The SMILES string of the molecule is Cc1c(CN)ccc(Oc2ccccc2F)c1C.Cl. The summed E-state index contributed by atoms with van der Waals surface area (Å²) in [6.45, 7) is 4.43. The van der Waals surface area contributed by atoms with Crippen LogP contribution in [0.3, 0.4) is 0 Å². The van der Waals surface area contributed by atoms with Crippen LogP contribution in [0, 0.1) is 19.7 Å². The van der Waals surface area contributed by atoms with E-state index < -0.39 is 0 Å². The molecular formula is C15H17ClFNO. The number of halogens is 2. The first-order valence-corrected chi connectivity index (χ1v) is 5.85. The highest BCUT2D eigenvalue weighted by atomic mass is 35.5. The van der Waals surface area contributed by atoms with E-state index in [0.717, 1.165) is 16.7 Å². The van der Waals surface area contributed by atoms with Gasteiger partial charge in [0, 0.05) is 6.54 Å². The molecule has 0 aromatic heterocycles. The predicted molar refractivity (Wildman–Crippen MR) is 77.5 cm³/mol. The second-order valence-corrected chi connectivity index (χ2v) is 4.21. The Kier molecular flexibility index (Phi) is 5.33. The highest BCUT2D eigenvalue weighted by Gasteiger charge is 2.09. The normalized spacial score (nSPS) is 9.89. The van der Waals surface area contributed by atoms with E-state index >= 15 is 0 Å². The van der Waals surface area contributed by atoms with Gasteiger partial charge in [-0.15, -0.1) is 12.4 Å². The highest BCUT2D eigenvalue weighted by Crippen LogP contribution is 2.29. The van der Waals surface area contributed by atoms with Gasteiger partial charge in [-0.05, 0) is 48.7 Å². The summed E-state index contributed by atoms with van der Waals surface area (Å²) in [6, 6.07) is 10.1. The van der Waals surface area contributed by atoms with E-state index in [9.17, 15) is 4.39 Å². The van der Waals surface area contributed by atoms with Gasteiger partial charge in [-0.1, -0.05) is 18.2 Å². The van der Waals surface area contributed by atoms with Crippen LogP contribution < -0.4 is 10.5 Å². The number of hydrogen-bond donors (Lipinski definition) is 1. The molecule has 0 unspecified atom stereocenters. The lowest BCUT2D eigenvalue weighted by Gasteiger charge is -2.13. The lowest BCUT2D eigenvalue weighted by Crippen LogP contribution is -2.01. The van der Waals surface area contributed by atoms with Crippen molar-refractivity contribution in [2.75, 3.05) is 0 Å². The standard InChI is InChI=1S/C15H16FNO.ClH/c1-10-11(2)14(8-7-12(10)9-17)18-15-6-4-3-5-13(15)16;/h3-8H,9,17H2,1-2H3;1H. The molecule has 0 radical (unpaired) electrons. The number of rotatable bonds is 3. The van der Waals surface area contributed by atoms with E-state index in [2.05, 4.69) is 0 Å². The van der Waals surface area contributed by atoms with Crippen LogP contribution in [0.25, 0.3) is 0 Å². The Bertz CT molecular complexity index is 572. The van der Waals surface area contributed by atoms with Gasteiger partial charge in [-0.25, -0.2) is 4.39 Å². The fraction of sp³-hybridized carbons (Fsp3) is 0.200. The van der Waals surface area contributed by atoms with Gasteiger partial charge in [0.25, 0.3) is 0 Å². The van der Waals surface area contributed by atoms with Crippen LogP contribution in [-0.2, 0) is 6.54 Å². The fourth-order valence-corrected chi connectivity index (χ4v) is 1.83. The van der Waals surface area contributed by atoms with Gasteiger partial charge in [-0.3, -0.25) is 0 Å². The highest BCUT2D eigenvalue weighted by molar-refractivity contribution is 5.85. The third kappa shape index (κ3) is 3.25. The van der Waals surface area contributed by atoms with Crippen LogP contribution in [0.4, 0.5) is 4.39 Å². The predicted octanol–water partition coefficient (Wildman–Crippen LogP) is 4.12. The molecule has 0 amide bonds. The van der Waals surface area contributed by atoms with E-state index in [-0.39, 0.29) is 24.0 Å². The minimum atomic E-state index is -0.363. The number of para-hydroxylation sites is 1. The van der Waals surface area contributed by atoms with E-state index in [1.54, 1.807) is 18.2 Å². The molecule has 102 valence electrons. The van der Waals surface area contributed by atoms with Gasteiger partial charge < -0.3 is 10.5 Å². The van der Waals surface area contributed by atoms with Crippen LogP contribution in [0.1, 0.15) is 16.7 Å². The molecule has 19 heavy (non-hydrogen) atoms. The summed E-state index contributed by atoms with van der Waals surface area (Å²) in [7, 11) is 0. The number of hydrogen-bond acceptors (Lipinski definition) is 2. The molecule has 0 saturated heterocycles. The Morgan fingerprint density at radius 1 is 1.00 bits per heavy atom. The molecule has 0 saturated carbocycles. The Morgan fingerprint density at radius 3 is 2.32 bits per heavy atom. The fourth-order valence-electron chi connectivity index (χ4n) is 1.83. The van der Waals surface area contributed by atoms with Gasteiger partial charge in [-0.2, -0.15) is 0 Å². The van der Waals surface area contributed by atoms with E-state index in [4.69, 9.17) is 10.5 Å². The zero-order valence-corrected chi connectivity index (χ0v) is 11.8. The zero-order chi connectivity index (χ0) is 13.1. The Hall–Kier alpha value is -1.58.